The van der Waals surface area contributed by atoms with Crippen molar-refractivity contribution >= 4 is 20.2 Å². The lowest BCUT2D eigenvalue weighted by Gasteiger charge is -2.34. The summed E-state index contributed by atoms with van der Waals surface area (Å²) in [4.78, 5) is 0. The fourth-order valence-corrected chi connectivity index (χ4v) is 4.67. The molecular formula is C19H41NO6S2. The van der Waals surface area contributed by atoms with Crippen molar-refractivity contribution in [1.82, 2.24) is 0 Å². The number of unbranched alkanes of at least 4 members (excludes halogenated alkanes) is 11. The highest BCUT2D eigenvalue weighted by Crippen LogP contribution is 2.14. The third-order valence-corrected chi connectivity index (χ3v) is 6.70. The van der Waals surface area contributed by atoms with Gasteiger partial charge in [-0.1, -0.05) is 71.1 Å². The molecule has 1 N–H and O–H groups in total. The molecule has 1 atom stereocenters. The molecule has 1 unspecified atom stereocenters. The van der Waals surface area contributed by atoms with Gasteiger partial charge in [0.25, 0.3) is 10.1 Å². The zero-order valence-corrected chi connectivity index (χ0v) is 19.4. The Morgan fingerprint density at radius 2 is 1.07 bits per heavy atom. The number of hydrogen-bond donors (Lipinski definition) is 1. The number of quaternary nitrogens is 1. The largest absolute Gasteiger partial charge is 0.748 e. The minimum Gasteiger partial charge on any atom is -0.748 e. The van der Waals surface area contributed by atoms with Crippen LogP contribution in [0.4, 0.5) is 0 Å². The van der Waals surface area contributed by atoms with Crippen LogP contribution < -0.4 is 0 Å². The van der Waals surface area contributed by atoms with E-state index in [1.807, 2.05) is 0 Å². The van der Waals surface area contributed by atoms with Crippen LogP contribution in [0.2, 0.25) is 0 Å². The van der Waals surface area contributed by atoms with Crippen LogP contribution in [0.15, 0.2) is 0 Å². The van der Waals surface area contributed by atoms with E-state index in [-0.39, 0.29) is 17.6 Å². The molecule has 0 saturated carbocycles. The van der Waals surface area contributed by atoms with Crippen molar-refractivity contribution in [3.8, 4) is 0 Å². The van der Waals surface area contributed by atoms with E-state index in [4.69, 9.17) is 4.55 Å². The molecule has 0 fully saturated rings. The molecule has 7 nitrogen and oxygen atoms in total. The van der Waals surface area contributed by atoms with Gasteiger partial charge >= 0.3 is 0 Å². The van der Waals surface area contributed by atoms with Gasteiger partial charge in [-0.3, -0.25) is 4.55 Å². The Morgan fingerprint density at radius 1 is 0.679 bits per heavy atom. The Labute approximate surface area is 173 Å². The van der Waals surface area contributed by atoms with Crippen molar-refractivity contribution in [3.05, 3.63) is 0 Å². The van der Waals surface area contributed by atoms with Crippen LogP contribution in [0, 0.1) is 0 Å². The summed E-state index contributed by atoms with van der Waals surface area (Å²) in [6, 6.07) is 0. The molecule has 0 bridgehead atoms. The summed E-state index contributed by atoms with van der Waals surface area (Å²) < 4.78 is 63.9. The Balaban J connectivity index is 4.00. The summed E-state index contributed by atoms with van der Waals surface area (Å²) >= 11 is 0. The SMILES string of the molecule is CCCCCCCCCCCCCC[N+](C)(CCS(=O)(=O)[O-])CCS(=O)(=O)O. The van der Waals surface area contributed by atoms with E-state index in [9.17, 15) is 21.4 Å². The second-order valence-corrected chi connectivity index (χ2v) is 11.3. The monoisotopic (exact) mass is 443 g/mol. The van der Waals surface area contributed by atoms with Crippen LogP contribution in [0.1, 0.15) is 84.0 Å². The maximum Gasteiger partial charge on any atom is 0.270 e. The highest BCUT2D eigenvalue weighted by atomic mass is 32.2. The van der Waals surface area contributed by atoms with Gasteiger partial charge in [-0.15, -0.1) is 0 Å². The second kappa shape index (κ2) is 14.7. The van der Waals surface area contributed by atoms with Gasteiger partial charge in [-0.25, -0.2) is 8.42 Å². The van der Waals surface area contributed by atoms with E-state index in [2.05, 4.69) is 6.92 Å². The third kappa shape index (κ3) is 19.1. The van der Waals surface area contributed by atoms with Crippen molar-refractivity contribution < 1.29 is 30.4 Å². The number of rotatable bonds is 19. The second-order valence-electron chi connectivity index (χ2n) is 8.23. The summed E-state index contributed by atoms with van der Waals surface area (Å²) in [7, 11) is -6.71. The molecule has 0 saturated heterocycles. The van der Waals surface area contributed by atoms with Gasteiger partial charge in [0.1, 0.15) is 15.9 Å². The fourth-order valence-electron chi connectivity index (χ4n) is 3.34. The van der Waals surface area contributed by atoms with Crippen molar-refractivity contribution in [2.24, 2.45) is 0 Å². The van der Waals surface area contributed by atoms with Crippen molar-refractivity contribution in [3.63, 3.8) is 0 Å². The van der Waals surface area contributed by atoms with Gasteiger partial charge < -0.3 is 9.04 Å². The van der Waals surface area contributed by atoms with Gasteiger partial charge in [0.2, 0.25) is 0 Å². The van der Waals surface area contributed by atoms with Crippen molar-refractivity contribution in [2.45, 2.75) is 84.0 Å². The Bertz CT molecular complexity index is 554. The average molecular weight is 444 g/mol. The molecule has 0 amide bonds. The Morgan fingerprint density at radius 3 is 1.46 bits per heavy atom. The molecule has 0 aromatic rings. The lowest BCUT2D eigenvalue weighted by molar-refractivity contribution is -0.905. The minimum absolute atomic E-state index is 0.0688. The highest BCUT2D eigenvalue weighted by molar-refractivity contribution is 7.86. The number of nitrogens with zero attached hydrogens (tertiary/aromatic N) is 1. The lowest BCUT2D eigenvalue weighted by Crippen LogP contribution is -2.50. The predicted molar refractivity (Wildman–Crippen MR) is 113 cm³/mol. The Kier molecular flexibility index (Phi) is 14.6. The normalized spacial score (nSPS) is 14.9. The highest BCUT2D eigenvalue weighted by Gasteiger charge is 2.24. The summed E-state index contributed by atoms with van der Waals surface area (Å²) in [6.07, 6.45) is 14.6. The van der Waals surface area contributed by atoms with Crippen LogP contribution >= 0.6 is 0 Å². The first-order chi connectivity index (χ1) is 13.0. The molecule has 0 aromatic heterocycles. The standard InChI is InChI=1S/C19H41NO6S2/c1-3-4-5-6-7-8-9-10-11-12-13-14-15-20(2,16-18-27(21,22)23)17-19-28(24,25)26/h3-19H2,1-2H3,(H-,21,22,23,24,25,26). The molecule has 170 valence electrons. The molecule has 28 heavy (non-hydrogen) atoms. The molecule has 0 heterocycles. The molecule has 0 aliphatic heterocycles. The first-order valence-corrected chi connectivity index (χ1v) is 13.9. The first kappa shape index (κ1) is 27.8. The van der Waals surface area contributed by atoms with Crippen LogP contribution in [-0.2, 0) is 20.2 Å². The average Bonchev–Trinajstić information content (AvgIpc) is 2.58. The molecule has 9 heteroatoms. The molecule has 0 aliphatic rings. The van der Waals surface area contributed by atoms with Crippen LogP contribution in [0.25, 0.3) is 0 Å². The summed E-state index contributed by atoms with van der Waals surface area (Å²) in [5.41, 5.74) is 0. The smallest absolute Gasteiger partial charge is 0.270 e. The van der Waals surface area contributed by atoms with Gasteiger partial charge in [0.15, 0.2) is 0 Å². The first-order valence-electron chi connectivity index (χ1n) is 10.7. The van der Waals surface area contributed by atoms with Crippen LogP contribution in [0.3, 0.4) is 0 Å². The molecule has 0 rings (SSSR count). The maximum absolute atomic E-state index is 11.0. The van der Waals surface area contributed by atoms with Gasteiger partial charge in [-0.2, -0.15) is 8.42 Å². The fraction of sp³-hybridized carbons (Fsp3) is 1.00. The van der Waals surface area contributed by atoms with Gasteiger partial charge in [-0.05, 0) is 12.8 Å². The molecule has 0 aliphatic carbocycles. The molecular weight excluding hydrogens is 402 g/mol. The van der Waals surface area contributed by atoms with Crippen LogP contribution in [-0.4, -0.2) is 68.6 Å². The van der Waals surface area contributed by atoms with E-state index in [0.717, 1.165) is 19.3 Å². The van der Waals surface area contributed by atoms with Gasteiger partial charge in [0.05, 0.1) is 32.4 Å². The van der Waals surface area contributed by atoms with E-state index < -0.39 is 31.7 Å². The number of hydrogen-bond acceptors (Lipinski definition) is 5. The Hall–Kier alpha value is -0.220. The summed E-state index contributed by atoms with van der Waals surface area (Å²) in [5.74, 6) is -0.951. The van der Waals surface area contributed by atoms with E-state index in [1.165, 1.54) is 57.8 Å². The summed E-state index contributed by atoms with van der Waals surface area (Å²) in [5, 5.41) is 0. The lowest BCUT2D eigenvalue weighted by atomic mass is 10.1. The zero-order chi connectivity index (χ0) is 21.5. The minimum atomic E-state index is -4.34. The topological polar surface area (TPSA) is 112 Å². The van der Waals surface area contributed by atoms with Crippen LogP contribution in [0.5, 0.6) is 0 Å². The van der Waals surface area contributed by atoms with E-state index in [1.54, 1.807) is 7.05 Å². The third-order valence-electron chi connectivity index (χ3n) is 5.32. The molecule has 0 aromatic carbocycles. The van der Waals surface area contributed by atoms with Crippen molar-refractivity contribution in [1.29, 1.82) is 0 Å². The predicted octanol–water partition coefficient (Wildman–Crippen LogP) is 3.57. The van der Waals surface area contributed by atoms with Gasteiger partial charge in [0, 0.05) is 0 Å². The zero-order valence-electron chi connectivity index (χ0n) is 17.8. The molecule has 0 spiro atoms. The molecule has 0 radical (unpaired) electrons. The van der Waals surface area contributed by atoms with E-state index >= 15 is 0 Å². The van der Waals surface area contributed by atoms with Crippen molar-refractivity contribution in [2.75, 3.05) is 38.2 Å². The maximum atomic E-state index is 11.0. The summed E-state index contributed by atoms with van der Waals surface area (Å²) in [6.45, 7) is 3.00. The quantitative estimate of drug-likeness (QED) is 0.186. The van der Waals surface area contributed by atoms with E-state index in [0.29, 0.717) is 6.54 Å².